The number of nitrogens with one attached hydrogen (secondary N) is 1. The standard InChI is InChI=1S/C12H14F5NO6/c1-4(19)22-3-6-7(13)9(23-5(2)20)8(10(14)24-6)18-11(21)12(15,16)17/h6-10H,3H2,1-2H3,(H,18,21)/t6-,7-,8-,9+,10+/m1/s1. The van der Waals surface area contributed by atoms with Gasteiger partial charge in [-0.1, -0.05) is 0 Å². The van der Waals surface area contributed by atoms with Crippen LogP contribution >= 0.6 is 0 Å². The zero-order valence-corrected chi connectivity index (χ0v) is 12.4. The predicted octanol–water partition coefficient (Wildman–Crippen LogP) is 0.561. The Bertz CT molecular complexity index is 499. The monoisotopic (exact) mass is 363 g/mol. The first-order valence-corrected chi connectivity index (χ1v) is 6.55. The van der Waals surface area contributed by atoms with Crippen LogP contribution in [0.3, 0.4) is 0 Å². The zero-order chi connectivity index (χ0) is 18.7. The SMILES string of the molecule is CC(=O)OC[C@H]1O[C@H](F)[C@H](NC(=O)C(F)(F)F)[C@@H](OC(C)=O)[C@@H]1F. The summed E-state index contributed by atoms with van der Waals surface area (Å²) in [4.78, 5) is 32.6. The topological polar surface area (TPSA) is 90.9 Å². The minimum atomic E-state index is -5.36. The third kappa shape index (κ3) is 5.28. The molecule has 1 heterocycles. The maximum atomic E-state index is 14.3. The quantitative estimate of drug-likeness (QED) is 0.580. The van der Waals surface area contributed by atoms with Crippen LogP contribution < -0.4 is 5.32 Å². The van der Waals surface area contributed by atoms with Crippen molar-refractivity contribution in [3.05, 3.63) is 0 Å². The Morgan fingerprint density at radius 1 is 1.12 bits per heavy atom. The molecule has 0 aliphatic carbocycles. The molecule has 0 spiro atoms. The van der Waals surface area contributed by atoms with Gasteiger partial charge in [0.1, 0.15) is 18.8 Å². The minimum absolute atomic E-state index is 0.755. The average molecular weight is 363 g/mol. The minimum Gasteiger partial charge on any atom is -0.463 e. The van der Waals surface area contributed by atoms with E-state index < -0.39 is 61.4 Å². The van der Waals surface area contributed by atoms with E-state index >= 15 is 0 Å². The summed E-state index contributed by atoms with van der Waals surface area (Å²) in [6.07, 6.45) is -14.2. The Morgan fingerprint density at radius 3 is 2.17 bits per heavy atom. The first-order valence-electron chi connectivity index (χ1n) is 6.55. The van der Waals surface area contributed by atoms with Crippen LogP contribution in [0.25, 0.3) is 0 Å². The van der Waals surface area contributed by atoms with Crippen molar-refractivity contribution in [2.24, 2.45) is 0 Å². The Balaban J connectivity index is 2.95. The van der Waals surface area contributed by atoms with E-state index in [0.717, 1.165) is 13.8 Å². The van der Waals surface area contributed by atoms with E-state index in [-0.39, 0.29) is 0 Å². The number of hydrogen-bond acceptors (Lipinski definition) is 6. The fourth-order valence-corrected chi connectivity index (χ4v) is 1.93. The van der Waals surface area contributed by atoms with Gasteiger partial charge in [-0.3, -0.25) is 14.4 Å². The van der Waals surface area contributed by atoms with E-state index in [1.807, 2.05) is 0 Å². The normalized spacial score (nSPS) is 30.4. The third-order valence-electron chi connectivity index (χ3n) is 2.92. The molecule has 5 atom stereocenters. The molecule has 0 radical (unpaired) electrons. The molecular formula is C12H14F5NO6. The molecule has 0 bridgehead atoms. The van der Waals surface area contributed by atoms with Gasteiger partial charge >= 0.3 is 24.0 Å². The molecular weight excluding hydrogens is 349 g/mol. The maximum Gasteiger partial charge on any atom is 0.471 e. The number of carbonyl (C=O) groups is 3. The van der Waals surface area contributed by atoms with Gasteiger partial charge in [-0.15, -0.1) is 0 Å². The van der Waals surface area contributed by atoms with E-state index in [1.54, 1.807) is 0 Å². The number of ether oxygens (including phenoxy) is 3. The van der Waals surface area contributed by atoms with Gasteiger partial charge in [-0.25, -0.2) is 8.78 Å². The number of rotatable bonds is 4. The highest BCUT2D eigenvalue weighted by molar-refractivity contribution is 5.82. The van der Waals surface area contributed by atoms with Crippen molar-refractivity contribution >= 4 is 17.8 Å². The van der Waals surface area contributed by atoms with Crippen molar-refractivity contribution in [3.8, 4) is 0 Å². The Hall–Kier alpha value is -1.98. The summed E-state index contributed by atoms with van der Waals surface area (Å²) in [7, 11) is 0. The number of amides is 1. The second-order valence-corrected chi connectivity index (χ2v) is 4.84. The molecule has 12 heteroatoms. The lowest BCUT2D eigenvalue weighted by atomic mass is 9.98. The Morgan fingerprint density at radius 2 is 1.71 bits per heavy atom. The number of halogens is 5. The van der Waals surface area contributed by atoms with Crippen molar-refractivity contribution in [3.63, 3.8) is 0 Å². The van der Waals surface area contributed by atoms with E-state index in [2.05, 4.69) is 14.2 Å². The van der Waals surface area contributed by atoms with Gasteiger partial charge in [0, 0.05) is 13.8 Å². The fourth-order valence-electron chi connectivity index (χ4n) is 1.93. The molecule has 1 N–H and O–H groups in total. The Kier molecular flexibility index (Phi) is 6.46. The molecule has 1 aliphatic heterocycles. The molecule has 7 nitrogen and oxygen atoms in total. The smallest absolute Gasteiger partial charge is 0.463 e. The molecule has 0 aromatic carbocycles. The molecule has 138 valence electrons. The molecule has 0 saturated carbocycles. The van der Waals surface area contributed by atoms with Crippen molar-refractivity contribution in [2.75, 3.05) is 6.61 Å². The van der Waals surface area contributed by atoms with Gasteiger partial charge in [0.05, 0.1) is 0 Å². The zero-order valence-electron chi connectivity index (χ0n) is 12.4. The fraction of sp³-hybridized carbons (Fsp3) is 0.750. The maximum absolute atomic E-state index is 14.3. The van der Waals surface area contributed by atoms with Crippen LogP contribution in [-0.2, 0) is 28.6 Å². The van der Waals surface area contributed by atoms with Crippen LogP contribution in [0, 0.1) is 0 Å². The summed E-state index contributed by atoms with van der Waals surface area (Å²) in [6, 6.07) is -2.23. The average Bonchev–Trinajstić information content (AvgIpc) is 2.42. The van der Waals surface area contributed by atoms with Crippen LogP contribution in [0.4, 0.5) is 22.0 Å². The van der Waals surface area contributed by atoms with E-state index in [0.29, 0.717) is 0 Å². The van der Waals surface area contributed by atoms with Gasteiger partial charge in [0.2, 0.25) is 6.36 Å². The van der Waals surface area contributed by atoms with Crippen LogP contribution in [0.1, 0.15) is 13.8 Å². The largest absolute Gasteiger partial charge is 0.471 e. The summed E-state index contributed by atoms with van der Waals surface area (Å²) in [5.74, 6) is -4.51. The van der Waals surface area contributed by atoms with E-state index in [9.17, 15) is 36.3 Å². The lowest BCUT2D eigenvalue weighted by Gasteiger charge is -2.40. The number of hydrogen-bond donors (Lipinski definition) is 1. The highest BCUT2D eigenvalue weighted by atomic mass is 19.4. The van der Waals surface area contributed by atoms with Crippen LogP contribution in [0.15, 0.2) is 0 Å². The molecule has 0 aromatic rings. The van der Waals surface area contributed by atoms with Crippen molar-refractivity contribution < 1.29 is 50.5 Å². The first-order chi connectivity index (χ1) is 10.9. The van der Waals surface area contributed by atoms with Crippen molar-refractivity contribution in [2.45, 2.75) is 50.8 Å². The third-order valence-corrected chi connectivity index (χ3v) is 2.92. The molecule has 1 fully saturated rings. The molecule has 0 unspecified atom stereocenters. The van der Waals surface area contributed by atoms with E-state index in [4.69, 9.17) is 0 Å². The van der Waals surface area contributed by atoms with Gasteiger partial charge in [-0.05, 0) is 0 Å². The van der Waals surface area contributed by atoms with E-state index in [1.165, 1.54) is 5.32 Å². The second-order valence-electron chi connectivity index (χ2n) is 4.84. The van der Waals surface area contributed by atoms with Gasteiger partial charge in [-0.2, -0.15) is 13.2 Å². The second kappa shape index (κ2) is 7.73. The summed E-state index contributed by atoms with van der Waals surface area (Å²) in [6.45, 7) is 1.05. The van der Waals surface area contributed by atoms with Crippen molar-refractivity contribution in [1.29, 1.82) is 0 Å². The van der Waals surface area contributed by atoms with Gasteiger partial charge in [0.25, 0.3) is 0 Å². The molecule has 1 rings (SSSR count). The lowest BCUT2D eigenvalue weighted by Crippen LogP contribution is -2.64. The van der Waals surface area contributed by atoms with Crippen LogP contribution in [0.2, 0.25) is 0 Å². The number of esters is 2. The summed E-state index contributed by atoms with van der Waals surface area (Å²) in [5, 5.41) is 1.19. The highest BCUT2D eigenvalue weighted by Gasteiger charge is 2.52. The van der Waals surface area contributed by atoms with Gasteiger partial charge in [0.15, 0.2) is 12.3 Å². The molecule has 1 saturated heterocycles. The summed E-state index contributed by atoms with van der Waals surface area (Å²) in [5.41, 5.74) is 0. The number of alkyl halides is 5. The Labute approximate surface area is 132 Å². The highest BCUT2D eigenvalue weighted by Crippen LogP contribution is 2.28. The van der Waals surface area contributed by atoms with Crippen molar-refractivity contribution in [1.82, 2.24) is 5.32 Å². The first kappa shape index (κ1) is 20.1. The lowest BCUT2D eigenvalue weighted by molar-refractivity contribution is -0.228. The van der Waals surface area contributed by atoms with Crippen LogP contribution in [0.5, 0.6) is 0 Å². The number of carbonyl (C=O) groups excluding carboxylic acids is 3. The molecule has 1 aliphatic rings. The molecule has 1 amide bonds. The van der Waals surface area contributed by atoms with Crippen LogP contribution in [-0.4, -0.2) is 61.4 Å². The summed E-state index contributed by atoms with van der Waals surface area (Å²) >= 11 is 0. The predicted molar refractivity (Wildman–Crippen MR) is 64.8 cm³/mol. The molecule has 24 heavy (non-hydrogen) atoms. The summed E-state index contributed by atoms with van der Waals surface area (Å²) < 4.78 is 78.5. The van der Waals surface area contributed by atoms with Gasteiger partial charge < -0.3 is 19.5 Å². The molecule has 0 aromatic heterocycles.